The van der Waals surface area contributed by atoms with E-state index in [0.29, 0.717) is 17.9 Å². The first-order valence-corrected chi connectivity index (χ1v) is 7.50. The summed E-state index contributed by atoms with van der Waals surface area (Å²) in [7, 11) is 0. The van der Waals surface area contributed by atoms with E-state index >= 15 is 0 Å². The molecule has 0 spiro atoms. The van der Waals surface area contributed by atoms with Gasteiger partial charge in [0.15, 0.2) is 0 Å². The number of aliphatic hydroxyl groups excluding tert-OH is 1. The standard InChI is InChI=1S/C15H24N2O/c1-10-2-3-11(7-16)14(6-10)17-8-12-4-5-15(18)13(12)9-17/h10-15,18H,2-6,8-9H2,1H3. The van der Waals surface area contributed by atoms with Crippen LogP contribution in [0.5, 0.6) is 0 Å². The molecule has 3 heteroatoms. The third-order valence-corrected chi connectivity index (χ3v) is 5.56. The Morgan fingerprint density at radius 1 is 1.17 bits per heavy atom. The second kappa shape index (κ2) is 4.83. The van der Waals surface area contributed by atoms with Gasteiger partial charge in [0.25, 0.3) is 0 Å². The number of hydrogen-bond acceptors (Lipinski definition) is 3. The number of rotatable bonds is 1. The fourth-order valence-corrected chi connectivity index (χ4v) is 4.45. The van der Waals surface area contributed by atoms with Crippen molar-refractivity contribution >= 4 is 0 Å². The summed E-state index contributed by atoms with van der Waals surface area (Å²) in [5.41, 5.74) is 0. The highest BCUT2D eigenvalue weighted by Crippen LogP contribution is 2.42. The minimum absolute atomic E-state index is 0.0819. The van der Waals surface area contributed by atoms with Crippen LogP contribution in [0.25, 0.3) is 0 Å². The highest BCUT2D eigenvalue weighted by Gasteiger charge is 2.45. The van der Waals surface area contributed by atoms with Crippen molar-refractivity contribution in [2.75, 3.05) is 13.1 Å². The maximum atomic E-state index is 10.00. The predicted octanol–water partition coefficient (Wildman–Crippen LogP) is 2.02. The van der Waals surface area contributed by atoms with E-state index in [1.165, 1.54) is 19.3 Å². The topological polar surface area (TPSA) is 47.3 Å². The largest absolute Gasteiger partial charge is 0.393 e. The average molecular weight is 248 g/mol. The van der Waals surface area contributed by atoms with E-state index in [-0.39, 0.29) is 12.0 Å². The molecule has 0 aromatic carbocycles. The molecule has 3 fully saturated rings. The Balaban J connectivity index is 1.69. The van der Waals surface area contributed by atoms with Gasteiger partial charge in [0.05, 0.1) is 18.1 Å². The van der Waals surface area contributed by atoms with Crippen LogP contribution in [0.1, 0.15) is 39.0 Å². The lowest BCUT2D eigenvalue weighted by Crippen LogP contribution is -2.43. The molecule has 3 aliphatic rings. The van der Waals surface area contributed by atoms with Crippen LogP contribution in [-0.2, 0) is 0 Å². The van der Waals surface area contributed by atoms with Gasteiger partial charge in [-0.15, -0.1) is 0 Å². The van der Waals surface area contributed by atoms with Crippen molar-refractivity contribution in [2.45, 2.75) is 51.2 Å². The van der Waals surface area contributed by atoms with E-state index < -0.39 is 0 Å². The van der Waals surface area contributed by atoms with Crippen LogP contribution in [0.3, 0.4) is 0 Å². The Morgan fingerprint density at radius 2 is 2.00 bits per heavy atom. The zero-order valence-electron chi connectivity index (χ0n) is 11.3. The molecule has 1 heterocycles. The van der Waals surface area contributed by atoms with Crippen LogP contribution in [-0.4, -0.2) is 35.2 Å². The van der Waals surface area contributed by atoms with E-state index in [1.807, 2.05) is 0 Å². The molecule has 0 bridgehead atoms. The van der Waals surface area contributed by atoms with E-state index in [1.54, 1.807) is 0 Å². The molecule has 1 saturated heterocycles. The lowest BCUT2D eigenvalue weighted by atomic mass is 9.79. The minimum Gasteiger partial charge on any atom is -0.393 e. The Bertz CT molecular complexity index is 351. The fraction of sp³-hybridized carbons (Fsp3) is 0.933. The van der Waals surface area contributed by atoms with Crippen LogP contribution >= 0.6 is 0 Å². The number of hydrogen-bond donors (Lipinski definition) is 1. The number of fused-ring (bicyclic) bond motifs is 1. The van der Waals surface area contributed by atoms with Crippen molar-refractivity contribution < 1.29 is 5.11 Å². The summed E-state index contributed by atoms with van der Waals surface area (Å²) in [5, 5.41) is 19.3. The quantitative estimate of drug-likeness (QED) is 0.772. The summed E-state index contributed by atoms with van der Waals surface area (Å²) in [6.07, 6.45) is 5.54. The molecule has 6 atom stereocenters. The van der Waals surface area contributed by atoms with E-state index in [2.05, 4.69) is 17.9 Å². The number of nitriles is 1. The number of nitrogens with zero attached hydrogens (tertiary/aromatic N) is 2. The first-order chi connectivity index (χ1) is 8.69. The van der Waals surface area contributed by atoms with Crippen LogP contribution in [0, 0.1) is 35.0 Å². The van der Waals surface area contributed by atoms with Gasteiger partial charge in [-0.3, -0.25) is 4.90 Å². The molecule has 3 nitrogen and oxygen atoms in total. The lowest BCUT2D eigenvalue weighted by molar-refractivity contribution is 0.0932. The summed E-state index contributed by atoms with van der Waals surface area (Å²) in [6.45, 7) is 4.46. The average Bonchev–Trinajstić information content (AvgIpc) is 2.92. The van der Waals surface area contributed by atoms with Crippen LogP contribution in [0.2, 0.25) is 0 Å². The predicted molar refractivity (Wildman–Crippen MR) is 69.7 cm³/mol. The van der Waals surface area contributed by atoms with Crippen molar-refractivity contribution in [1.29, 1.82) is 5.26 Å². The Labute approximate surface area is 110 Å². The number of aliphatic hydroxyl groups is 1. The van der Waals surface area contributed by atoms with Gasteiger partial charge in [0.1, 0.15) is 0 Å². The normalized spacial score (nSPS) is 48.9. The molecule has 1 aliphatic heterocycles. The minimum atomic E-state index is -0.0819. The van der Waals surface area contributed by atoms with Gasteiger partial charge >= 0.3 is 0 Å². The molecule has 18 heavy (non-hydrogen) atoms. The molecule has 3 rings (SSSR count). The monoisotopic (exact) mass is 248 g/mol. The van der Waals surface area contributed by atoms with Gasteiger partial charge in [-0.05, 0) is 43.9 Å². The molecule has 2 aliphatic carbocycles. The maximum absolute atomic E-state index is 10.00. The first kappa shape index (κ1) is 12.4. The molecule has 0 aromatic rings. The highest BCUT2D eigenvalue weighted by atomic mass is 16.3. The summed E-state index contributed by atoms with van der Waals surface area (Å²) in [6, 6.07) is 2.98. The van der Waals surface area contributed by atoms with Gasteiger partial charge in [-0.25, -0.2) is 0 Å². The third-order valence-electron chi connectivity index (χ3n) is 5.56. The molecule has 0 amide bonds. The van der Waals surface area contributed by atoms with E-state index in [9.17, 15) is 10.4 Å². The highest BCUT2D eigenvalue weighted by molar-refractivity contribution is 5.02. The SMILES string of the molecule is CC1CCC(C#N)C(N2CC3CCC(O)C3C2)C1. The van der Waals surface area contributed by atoms with Gasteiger partial charge < -0.3 is 5.11 Å². The molecule has 0 aromatic heterocycles. The van der Waals surface area contributed by atoms with Crippen LogP contribution in [0.15, 0.2) is 0 Å². The Hall–Kier alpha value is -0.590. The second-order valence-corrected chi connectivity index (χ2v) is 6.74. The Morgan fingerprint density at radius 3 is 2.72 bits per heavy atom. The summed E-state index contributed by atoms with van der Waals surface area (Å²) in [5.74, 6) is 2.15. The molecule has 6 unspecified atom stereocenters. The van der Waals surface area contributed by atoms with Crippen molar-refractivity contribution in [1.82, 2.24) is 4.90 Å². The molecule has 0 radical (unpaired) electrons. The maximum Gasteiger partial charge on any atom is 0.0672 e. The molecular formula is C15H24N2O. The van der Waals surface area contributed by atoms with Crippen LogP contribution < -0.4 is 0 Å². The van der Waals surface area contributed by atoms with Crippen molar-refractivity contribution in [3.05, 3.63) is 0 Å². The van der Waals surface area contributed by atoms with Crippen molar-refractivity contribution in [2.24, 2.45) is 23.7 Å². The van der Waals surface area contributed by atoms with E-state index in [0.717, 1.165) is 31.8 Å². The molecule has 2 saturated carbocycles. The summed E-state index contributed by atoms with van der Waals surface area (Å²) < 4.78 is 0. The van der Waals surface area contributed by atoms with Gasteiger partial charge in [-0.1, -0.05) is 6.92 Å². The Kier molecular flexibility index (Phi) is 3.34. The van der Waals surface area contributed by atoms with Crippen molar-refractivity contribution in [3.8, 4) is 6.07 Å². The zero-order valence-corrected chi connectivity index (χ0v) is 11.3. The fourth-order valence-electron chi connectivity index (χ4n) is 4.45. The third kappa shape index (κ3) is 2.06. The number of likely N-dealkylation sites (tertiary alicyclic amines) is 1. The summed E-state index contributed by atoms with van der Waals surface area (Å²) in [4.78, 5) is 2.53. The smallest absolute Gasteiger partial charge is 0.0672 e. The first-order valence-electron chi connectivity index (χ1n) is 7.50. The van der Waals surface area contributed by atoms with Crippen LogP contribution in [0.4, 0.5) is 0 Å². The second-order valence-electron chi connectivity index (χ2n) is 6.74. The zero-order chi connectivity index (χ0) is 12.7. The van der Waals surface area contributed by atoms with Crippen molar-refractivity contribution in [3.63, 3.8) is 0 Å². The van der Waals surface area contributed by atoms with E-state index in [4.69, 9.17) is 0 Å². The van der Waals surface area contributed by atoms with Gasteiger partial charge in [0, 0.05) is 25.0 Å². The van der Waals surface area contributed by atoms with Gasteiger partial charge in [-0.2, -0.15) is 5.26 Å². The molecule has 100 valence electrons. The molecule has 1 N–H and O–H groups in total. The lowest BCUT2D eigenvalue weighted by Gasteiger charge is -2.38. The summed E-state index contributed by atoms with van der Waals surface area (Å²) >= 11 is 0. The van der Waals surface area contributed by atoms with Gasteiger partial charge in [0.2, 0.25) is 0 Å². The molecular weight excluding hydrogens is 224 g/mol.